The SMILES string of the molecule is CCn1c(C2CCN(C(=O)Cc3cccs3)CC2)nn(Cc2ccccc2)c1=O. The molecule has 2 aromatic heterocycles. The van der Waals surface area contributed by atoms with Crippen molar-refractivity contribution in [3.05, 3.63) is 74.6 Å². The van der Waals surface area contributed by atoms with E-state index in [0.29, 0.717) is 19.5 Å². The first-order valence-corrected chi connectivity index (χ1v) is 11.0. The molecule has 29 heavy (non-hydrogen) atoms. The standard InChI is InChI=1S/C22H26N4O2S/c1-2-25-21(23-26(22(25)28)16-17-7-4-3-5-8-17)18-10-12-24(13-11-18)20(27)15-19-9-6-14-29-19/h3-9,14,18H,2,10-13,15-16H2,1H3. The van der Waals surface area contributed by atoms with Gasteiger partial charge in [-0.3, -0.25) is 9.36 Å². The molecule has 7 heteroatoms. The molecule has 0 bridgehead atoms. The lowest BCUT2D eigenvalue weighted by Crippen LogP contribution is -2.39. The molecule has 1 fully saturated rings. The topological polar surface area (TPSA) is 60.1 Å². The van der Waals surface area contributed by atoms with Crippen LogP contribution in [0.15, 0.2) is 52.6 Å². The second kappa shape index (κ2) is 8.78. The van der Waals surface area contributed by atoms with Gasteiger partial charge in [0.25, 0.3) is 0 Å². The Morgan fingerprint density at radius 2 is 1.90 bits per heavy atom. The summed E-state index contributed by atoms with van der Waals surface area (Å²) in [4.78, 5) is 28.4. The van der Waals surface area contributed by atoms with E-state index in [2.05, 4.69) is 0 Å². The summed E-state index contributed by atoms with van der Waals surface area (Å²) in [5.41, 5.74) is 1.01. The molecule has 3 heterocycles. The number of benzene rings is 1. The number of hydrogen-bond acceptors (Lipinski definition) is 4. The Morgan fingerprint density at radius 1 is 1.14 bits per heavy atom. The van der Waals surface area contributed by atoms with Gasteiger partial charge in [0.2, 0.25) is 5.91 Å². The molecule has 1 amide bonds. The zero-order valence-electron chi connectivity index (χ0n) is 16.7. The number of likely N-dealkylation sites (tertiary alicyclic amines) is 1. The fourth-order valence-corrected chi connectivity index (χ4v) is 4.67. The number of carbonyl (C=O) groups is 1. The maximum Gasteiger partial charge on any atom is 0.346 e. The van der Waals surface area contributed by atoms with Crippen molar-refractivity contribution >= 4 is 17.2 Å². The van der Waals surface area contributed by atoms with Crippen molar-refractivity contribution in [2.75, 3.05) is 13.1 Å². The Labute approximate surface area is 174 Å². The van der Waals surface area contributed by atoms with Crippen LogP contribution in [0, 0.1) is 0 Å². The highest BCUT2D eigenvalue weighted by atomic mass is 32.1. The van der Waals surface area contributed by atoms with Gasteiger partial charge < -0.3 is 4.90 Å². The van der Waals surface area contributed by atoms with Gasteiger partial charge in [0.15, 0.2) is 0 Å². The second-order valence-corrected chi connectivity index (χ2v) is 8.47. The third-order valence-electron chi connectivity index (χ3n) is 5.56. The van der Waals surface area contributed by atoms with Gasteiger partial charge in [-0.15, -0.1) is 11.3 Å². The van der Waals surface area contributed by atoms with Gasteiger partial charge in [-0.1, -0.05) is 36.4 Å². The number of piperidine rings is 1. The zero-order chi connectivity index (χ0) is 20.2. The first-order chi connectivity index (χ1) is 14.2. The van der Waals surface area contributed by atoms with Crippen LogP contribution in [0.5, 0.6) is 0 Å². The fraction of sp³-hybridized carbons (Fsp3) is 0.409. The van der Waals surface area contributed by atoms with E-state index in [1.165, 1.54) is 0 Å². The van der Waals surface area contributed by atoms with Gasteiger partial charge in [0, 0.05) is 30.4 Å². The van der Waals surface area contributed by atoms with Crippen LogP contribution in [0.2, 0.25) is 0 Å². The summed E-state index contributed by atoms with van der Waals surface area (Å²) in [6.45, 7) is 4.52. The molecule has 0 unspecified atom stereocenters. The molecular weight excluding hydrogens is 384 g/mol. The van der Waals surface area contributed by atoms with Crippen LogP contribution in [0.4, 0.5) is 0 Å². The molecule has 0 N–H and O–H groups in total. The van der Waals surface area contributed by atoms with Crippen molar-refractivity contribution in [3.63, 3.8) is 0 Å². The number of carbonyl (C=O) groups excluding carboxylic acids is 1. The Bertz CT molecular complexity index is 999. The number of nitrogens with zero attached hydrogens (tertiary/aromatic N) is 4. The summed E-state index contributed by atoms with van der Waals surface area (Å²) < 4.78 is 3.36. The summed E-state index contributed by atoms with van der Waals surface area (Å²) >= 11 is 1.62. The van der Waals surface area contributed by atoms with E-state index in [0.717, 1.165) is 42.2 Å². The molecule has 0 spiro atoms. The molecule has 1 aliphatic rings. The second-order valence-electron chi connectivity index (χ2n) is 7.44. The molecule has 0 aliphatic carbocycles. The first-order valence-electron chi connectivity index (χ1n) is 10.2. The Hall–Kier alpha value is -2.67. The predicted molar refractivity (Wildman–Crippen MR) is 114 cm³/mol. The van der Waals surface area contributed by atoms with E-state index in [4.69, 9.17) is 5.10 Å². The van der Waals surface area contributed by atoms with Crippen molar-refractivity contribution in [3.8, 4) is 0 Å². The number of amides is 1. The Kier molecular flexibility index (Phi) is 5.94. The Balaban J connectivity index is 1.44. The number of thiophene rings is 1. The Morgan fingerprint density at radius 3 is 2.55 bits per heavy atom. The molecule has 0 atom stereocenters. The van der Waals surface area contributed by atoms with Crippen LogP contribution in [0.1, 0.15) is 41.9 Å². The van der Waals surface area contributed by atoms with Gasteiger partial charge in [-0.05, 0) is 36.8 Å². The van der Waals surface area contributed by atoms with Gasteiger partial charge in [-0.25, -0.2) is 9.48 Å². The van der Waals surface area contributed by atoms with Crippen molar-refractivity contribution in [2.45, 2.75) is 45.2 Å². The van der Waals surface area contributed by atoms with E-state index in [-0.39, 0.29) is 17.5 Å². The minimum atomic E-state index is -0.0532. The maximum atomic E-state index is 12.8. The van der Waals surface area contributed by atoms with Crippen LogP contribution in [0.3, 0.4) is 0 Å². The first kappa shape index (κ1) is 19.6. The van der Waals surface area contributed by atoms with E-state index >= 15 is 0 Å². The zero-order valence-corrected chi connectivity index (χ0v) is 17.5. The number of hydrogen-bond donors (Lipinski definition) is 0. The molecule has 1 aromatic carbocycles. The number of rotatable bonds is 6. The average molecular weight is 411 g/mol. The van der Waals surface area contributed by atoms with Crippen molar-refractivity contribution in [1.29, 1.82) is 0 Å². The summed E-state index contributed by atoms with van der Waals surface area (Å²) in [7, 11) is 0. The number of aromatic nitrogens is 3. The molecule has 0 saturated carbocycles. The van der Waals surface area contributed by atoms with Gasteiger partial charge >= 0.3 is 5.69 Å². The molecule has 1 aliphatic heterocycles. The highest BCUT2D eigenvalue weighted by Gasteiger charge is 2.28. The third-order valence-corrected chi connectivity index (χ3v) is 6.44. The lowest BCUT2D eigenvalue weighted by atomic mass is 9.95. The molecule has 0 radical (unpaired) electrons. The lowest BCUT2D eigenvalue weighted by molar-refractivity contribution is -0.131. The van der Waals surface area contributed by atoms with Gasteiger partial charge in [0.05, 0.1) is 13.0 Å². The van der Waals surface area contributed by atoms with Crippen molar-refractivity contribution < 1.29 is 4.79 Å². The highest BCUT2D eigenvalue weighted by molar-refractivity contribution is 7.10. The normalized spacial score (nSPS) is 15.0. The molecule has 3 aromatic rings. The van der Waals surface area contributed by atoms with Gasteiger partial charge in [0.1, 0.15) is 5.82 Å². The van der Waals surface area contributed by atoms with Crippen LogP contribution < -0.4 is 5.69 Å². The molecular formula is C22H26N4O2S. The quantitative estimate of drug-likeness (QED) is 0.627. The summed E-state index contributed by atoms with van der Waals surface area (Å²) in [5, 5.41) is 6.70. The minimum absolute atomic E-state index is 0.0532. The largest absolute Gasteiger partial charge is 0.346 e. The molecule has 1 saturated heterocycles. The fourth-order valence-electron chi connectivity index (χ4n) is 3.98. The summed E-state index contributed by atoms with van der Waals surface area (Å²) in [5.74, 6) is 1.26. The van der Waals surface area contributed by atoms with Crippen molar-refractivity contribution in [2.24, 2.45) is 0 Å². The predicted octanol–water partition coefficient (Wildman–Crippen LogP) is 3.12. The lowest BCUT2D eigenvalue weighted by Gasteiger charge is -2.31. The molecule has 4 rings (SSSR count). The van der Waals surface area contributed by atoms with E-state index in [1.807, 2.05) is 59.7 Å². The molecule has 152 valence electrons. The van der Waals surface area contributed by atoms with Crippen molar-refractivity contribution in [1.82, 2.24) is 19.2 Å². The summed E-state index contributed by atoms with van der Waals surface area (Å²) in [6, 6.07) is 13.9. The highest BCUT2D eigenvalue weighted by Crippen LogP contribution is 2.27. The summed E-state index contributed by atoms with van der Waals surface area (Å²) in [6.07, 6.45) is 2.17. The third kappa shape index (κ3) is 4.34. The van der Waals surface area contributed by atoms with Crippen LogP contribution in [0.25, 0.3) is 0 Å². The van der Waals surface area contributed by atoms with Crippen LogP contribution in [-0.2, 0) is 24.3 Å². The van der Waals surface area contributed by atoms with E-state index in [1.54, 1.807) is 20.6 Å². The van der Waals surface area contributed by atoms with E-state index < -0.39 is 0 Å². The van der Waals surface area contributed by atoms with E-state index in [9.17, 15) is 9.59 Å². The monoisotopic (exact) mass is 410 g/mol. The molecule has 6 nitrogen and oxygen atoms in total. The minimum Gasteiger partial charge on any atom is -0.342 e. The van der Waals surface area contributed by atoms with Crippen LogP contribution in [-0.4, -0.2) is 38.2 Å². The van der Waals surface area contributed by atoms with Gasteiger partial charge in [-0.2, -0.15) is 5.10 Å². The van der Waals surface area contributed by atoms with Crippen LogP contribution >= 0.6 is 11.3 Å². The smallest absolute Gasteiger partial charge is 0.342 e. The maximum absolute atomic E-state index is 12.8. The average Bonchev–Trinajstić information content (AvgIpc) is 3.37.